The number of benzene rings is 3. The topological polar surface area (TPSA) is 165 Å². The first-order valence-electron chi connectivity index (χ1n) is 14.3. The third kappa shape index (κ3) is 8.26. The van der Waals surface area contributed by atoms with Crippen LogP contribution in [0, 0.1) is 0 Å². The Hall–Kier alpha value is -5.49. The monoisotopic (exact) mass is 692 g/mol. The van der Waals surface area contributed by atoms with Gasteiger partial charge in [0.1, 0.15) is 0 Å². The Morgan fingerprint density at radius 3 is 0.646 bits per heavy atom. The van der Waals surface area contributed by atoms with E-state index in [0.29, 0.717) is 0 Å². The Kier molecular flexibility index (Phi) is 10.9. The molecule has 0 amide bonds. The second-order valence-corrected chi connectivity index (χ2v) is 10.9. The van der Waals surface area contributed by atoms with Gasteiger partial charge in [-0.2, -0.15) is 37.2 Å². The Morgan fingerprint density at radius 2 is 0.500 bits per heavy atom. The Bertz CT molecular complexity index is 2010. The fraction of sp³-hybridized carbons (Fsp3) is 0. The van der Waals surface area contributed by atoms with Crippen molar-refractivity contribution in [3.05, 3.63) is 173 Å². The first-order chi connectivity index (χ1) is 22.8. The standard InChI is InChI=1S/3C12H8N2.Fe.H2O4S/c3*1-3-9-5-6-10-4-2-8-14-12(10)11(9)13-7-1;;1-5(2,3)4/h3*1-8H;;(H2,1,2,3,4)/q3*-2;+2;/p-2. The van der Waals surface area contributed by atoms with Gasteiger partial charge in [0.25, 0.3) is 0 Å². The van der Waals surface area contributed by atoms with Gasteiger partial charge in [-0.15, -0.1) is 34.1 Å². The van der Waals surface area contributed by atoms with E-state index in [-0.39, 0.29) is 17.1 Å². The van der Waals surface area contributed by atoms with Crippen LogP contribution in [0.5, 0.6) is 0 Å². The van der Waals surface area contributed by atoms with Crippen LogP contribution in [-0.4, -0.2) is 17.5 Å². The second-order valence-electron chi connectivity index (χ2n) is 10.1. The first-order valence-corrected chi connectivity index (χ1v) is 15.6. The molecule has 0 atom stereocenters. The van der Waals surface area contributed by atoms with Gasteiger partial charge in [0, 0.05) is 10.4 Å². The SMILES string of the molecule is C1=C[N-]c2c3c(ccc2=C1)=CC=C[N-]3.C1=C[N-]c2c3c(ccc2=C1)=CC=C[N-]3.C1=C[N-]c2c3c(ccc2=C1)=CC=C[N-]3.O=S(=O)([O-])[O-].[Fe+2]. The summed E-state index contributed by atoms with van der Waals surface area (Å²) in [5.41, 5.74) is 5.86. The van der Waals surface area contributed by atoms with Crippen molar-refractivity contribution in [2.75, 3.05) is 0 Å². The maximum Gasteiger partial charge on any atom is 2.00 e. The quantitative estimate of drug-likeness (QED) is 0.170. The van der Waals surface area contributed by atoms with Crippen LogP contribution in [0.3, 0.4) is 0 Å². The van der Waals surface area contributed by atoms with E-state index in [1.807, 2.05) is 36.5 Å². The molecule has 48 heavy (non-hydrogen) atoms. The fourth-order valence-electron chi connectivity index (χ4n) is 5.04. The van der Waals surface area contributed by atoms with Crippen molar-refractivity contribution in [2.45, 2.75) is 0 Å². The van der Waals surface area contributed by atoms with Crippen molar-refractivity contribution in [3.8, 4) is 0 Å². The summed E-state index contributed by atoms with van der Waals surface area (Å²) in [7, 11) is -5.17. The molecular formula is C36H24FeN6O4S-6. The smallest absolute Gasteiger partial charge is 0.759 e. The minimum atomic E-state index is -5.17. The summed E-state index contributed by atoms with van der Waals surface area (Å²) in [5.74, 6) is 0. The van der Waals surface area contributed by atoms with E-state index >= 15 is 0 Å². The average molecular weight is 693 g/mol. The van der Waals surface area contributed by atoms with Gasteiger partial charge >= 0.3 is 17.1 Å². The first kappa shape index (κ1) is 33.9. The normalized spacial score (nSPS) is 14.7. The van der Waals surface area contributed by atoms with E-state index in [1.54, 1.807) is 37.2 Å². The van der Waals surface area contributed by atoms with Crippen molar-refractivity contribution < 1.29 is 34.6 Å². The minimum Gasteiger partial charge on any atom is -0.759 e. The zero-order chi connectivity index (χ0) is 32.6. The maximum absolute atomic E-state index is 8.52. The van der Waals surface area contributed by atoms with Crippen molar-refractivity contribution in [2.24, 2.45) is 0 Å². The van der Waals surface area contributed by atoms with E-state index in [4.69, 9.17) is 17.5 Å². The van der Waals surface area contributed by atoms with Gasteiger partial charge in [0.2, 0.25) is 0 Å². The van der Waals surface area contributed by atoms with Crippen molar-refractivity contribution in [3.63, 3.8) is 0 Å². The van der Waals surface area contributed by atoms with Crippen LogP contribution < -0.4 is 31.3 Å². The summed E-state index contributed by atoms with van der Waals surface area (Å²) in [6, 6.07) is 12.5. The molecule has 6 heterocycles. The third-order valence-corrected chi connectivity index (χ3v) is 7.03. The molecule has 12 heteroatoms. The van der Waals surface area contributed by atoms with Crippen molar-refractivity contribution in [1.29, 1.82) is 0 Å². The zero-order valence-corrected chi connectivity index (χ0v) is 26.9. The summed E-state index contributed by atoms with van der Waals surface area (Å²) in [6.45, 7) is 0. The van der Waals surface area contributed by atoms with Gasteiger partial charge in [-0.25, -0.2) is 0 Å². The number of hydrogen-bond donors (Lipinski definition) is 0. The summed E-state index contributed by atoms with van der Waals surface area (Å²) in [4.78, 5) is 0. The summed E-state index contributed by atoms with van der Waals surface area (Å²) in [5, 5.41) is 32.9. The Labute approximate surface area is 287 Å². The van der Waals surface area contributed by atoms with E-state index in [0.717, 1.165) is 65.4 Å². The summed E-state index contributed by atoms with van der Waals surface area (Å²) < 4.78 is 34.1. The van der Waals surface area contributed by atoms with Gasteiger partial charge in [-0.1, -0.05) is 109 Å². The molecular weight excluding hydrogens is 668 g/mol. The maximum atomic E-state index is 8.52. The molecule has 0 radical (unpaired) electrons. The molecule has 6 aliphatic heterocycles. The molecule has 0 aliphatic carbocycles. The molecule has 3 aromatic rings. The summed E-state index contributed by atoms with van der Waals surface area (Å²) >= 11 is 0. The fourth-order valence-corrected chi connectivity index (χ4v) is 5.04. The van der Waals surface area contributed by atoms with Gasteiger partial charge in [-0.3, -0.25) is 8.42 Å². The van der Waals surface area contributed by atoms with Gasteiger partial charge in [0.15, 0.2) is 0 Å². The largest absolute Gasteiger partial charge is 2.00 e. The van der Waals surface area contributed by atoms with Gasteiger partial charge in [0.05, 0.1) is 0 Å². The molecule has 0 saturated carbocycles. The van der Waals surface area contributed by atoms with Gasteiger partial charge in [-0.05, 0) is 31.3 Å². The van der Waals surface area contributed by atoms with Crippen LogP contribution in [0.1, 0.15) is 0 Å². The van der Waals surface area contributed by atoms with E-state index in [9.17, 15) is 0 Å². The number of fused-ring (bicyclic) bond motifs is 9. The number of allylic oxidation sites excluding steroid dienone is 6. The molecule has 0 fully saturated rings. The molecule has 0 aromatic heterocycles. The molecule has 0 bridgehead atoms. The van der Waals surface area contributed by atoms with E-state index < -0.39 is 10.4 Å². The average Bonchev–Trinajstić information content (AvgIpc) is 3.11. The van der Waals surface area contributed by atoms with Crippen LogP contribution in [0.2, 0.25) is 0 Å². The van der Waals surface area contributed by atoms with Crippen molar-refractivity contribution in [1.82, 2.24) is 0 Å². The molecule has 9 rings (SSSR count). The second kappa shape index (κ2) is 15.4. The molecule has 0 unspecified atom stereocenters. The third-order valence-electron chi connectivity index (χ3n) is 7.03. The Balaban J connectivity index is 0.000000130. The minimum absolute atomic E-state index is 0. The number of nitrogens with zero attached hydrogens (tertiary/aromatic N) is 6. The molecule has 0 N–H and O–H groups in total. The van der Waals surface area contributed by atoms with Crippen LogP contribution >= 0.6 is 0 Å². The molecule has 242 valence electrons. The van der Waals surface area contributed by atoms with Crippen LogP contribution in [-0.2, 0) is 27.5 Å². The Morgan fingerprint density at radius 1 is 0.354 bits per heavy atom. The van der Waals surface area contributed by atoms with Crippen molar-refractivity contribution >= 4 is 81.0 Å². The number of rotatable bonds is 0. The predicted octanol–water partition coefficient (Wildman–Crippen LogP) is 5.60. The molecule has 0 saturated heterocycles. The molecule has 0 spiro atoms. The number of hydrogen-bond acceptors (Lipinski definition) is 4. The predicted molar refractivity (Wildman–Crippen MR) is 187 cm³/mol. The molecule has 10 nitrogen and oxygen atoms in total. The van der Waals surface area contributed by atoms with Crippen LogP contribution in [0.15, 0.2) is 110 Å². The van der Waals surface area contributed by atoms with Crippen LogP contribution in [0.4, 0.5) is 34.1 Å². The summed E-state index contributed by atoms with van der Waals surface area (Å²) in [6.07, 6.45) is 34.8. The van der Waals surface area contributed by atoms with E-state index in [1.165, 1.54) is 0 Å². The van der Waals surface area contributed by atoms with Crippen LogP contribution in [0.25, 0.3) is 68.4 Å². The van der Waals surface area contributed by atoms with E-state index in [2.05, 4.69) is 105 Å². The van der Waals surface area contributed by atoms with Gasteiger partial charge < -0.3 is 41.0 Å². The zero-order valence-electron chi connectivity index (χ0n) is 24.9. The molecule has 6 aliphatic rings. The molecule has 3 aromatic carbocycles.